The number of nitrogens with zero attached hydrogens (tertiary/aromatic N) is 3. The van der Waals surface area contributed by atoms with Crippen molar-refractivity contribution in [2.24, 2.45) is 0 Å². The third-order valence-electron chi connectivity index (χ3n) is 6.83. The molecular formula is C26H24F3N3O3. The average Bonchev–Trinajstić information content (AvgIpc) is 3.48. The number of benzene rings is 2. The number of amides is 1. The Morgan fingerprint density at radius 2 is 1.69 bits per heavy atom. The minimum atomic E-state index is -4.68. The Balaban J connectivity index is 1.51. The third kappa shape index (κ3) is 4.09. The number of halogens is 3. The SMILES string of the molecule is COc1ccc(-n2nc(C(F)(F)F)c3c2C(=O)N(c2ccc(C4(CC(C)=O)CC4)cc2)CC3)cc1. The van der Waals surface area contributed by atoms with Gasteiger partial charge in [-0.2, -0.15) is 18.3 Å². The monoisotopic (exact) mass is 483 g/mol. The van der Waals surface area contributed by atoms with E-state index in [0.717, 1.165) is 23.1 Å². The zero-order valence-electron chi connectivity index (χ0n) is 19.4. The summed E-state index contributed by atoms with van der Waals surface area (Å²) in [5.74, 6) is 0.136. The van der Waals surface area contributed by atoms with Crippen LogP contribution < -0.4 is 9.64 Å². The van der Waals surface area contributed by atoms with Crippen LogP contribution in [0, 0.1) is 0 Å². The number of ketones is 1. The molecule has 0 radical (unpaired) electrons. The number of alkyl halides is 3. The van der Waals surface area contributed by atoms with Crippen molar-refractivity contribution in [3.8, 4) is 11.4 Å². The lowest BCUT2D eigenvalue weighted by Gasteiger charge is -2.28. The maximum absolute atomic E-state index is 13.8. The molecule has 1 aromatic heterocycles. The summed E-state index contributed by atoms with van der Waals surface area (Å²) in [4.78, 5) is 26.7. The van der Waals surface area contributed by atoms with Gasteiger partial charge >= 0.3 is 6.18 Å². The van der Waals surface area contributed by atoms with E-state index in [1.54, 1.807) is 43.3 Å². The number of fused-ring (bicyclic) bond motifs is 1. The average molecular weight is 483 g/mol. The van der Waals surface area contributed by atoms with E-state index in [4.69, 9.17) is 4.74 Å². The van der Waals surface area contributed by atoms with Gasteiger partial charge in [0.1, 0.15) is 17.2 Å². The highest BCUT2D eigenvalue weighted by molar-refractivity contribution is 6.07. The lowest BCUT2D eigenvalue weighted by Crippen LogP contribution is -2.39. The van der Waals surface area contributed by atoms with Gasteiger partial charge in [0.25, 0.3) is 5.91 Å². The van der Waals surface area contributed by atoms with Gasteiger partial charge in [-0.15, -0.1) is 0 Å². The van der Waals surface area contributed by atoms with Crippen LogP contribution in [0.4, 0.5) is 18.9 Å². The van der Waals surface area contributed by atoms with Crippen molar-refractivity contribution in [3.63, 3.8) is 0 Å². The number of carbonyl (C=O) groups excluding carboxylic acids is 2. The zero-order chi connectivity index (χ0) is 25.0. The minimum absolute atomic E-state index is 0.0299. The molecule has 3 aromatic rings. The van der Waals surface area contributed by atoms with Crippen molar-refractivity contribution in [2.45, 2.75) is 44.2 Å². The molecule has 9 heteroatoms. The zero-order valence-corrected chi connectivity index (χ0v) is 19.4. The molecule has 5 rings (SSSR count). The van der Waals surface area contributed by atoms with Crippen LogP contribution in [0.5, 0.6) is 5.75 Å². The second-order valence-electron chi connectivity index (χ2n) is 9.20. The second-order valence-corrected chi connectivity index (χ2v) is 9.20. The van der Waals surface area contributed by atoms with Gasteiger partial charge in [0, 0.05) is 29.6 Å². The van der Waals surface area contributed by atoms with Crippen molar-refractivity contribution >= 4 is 17.4 Å². The standard InChI is InChI=1S/C26H24F3N3O3/c1-16(33)15-25(12-13-25)17-3-5-18(6-4-17)31-14-11-21-22(24(31)34)32(30-23(21)26(27,28)29)19-7-9-20(35-2)10-8-19/h3-10H,11-15H2,1-2H3. The van der Waals surface area contributed by atoms with Crippen LogP contribution in [0.15, 0.2) is 48.5 Å². The molecular weight excluding hydrogens is 459 g/mol. The molecule has 1 amide bonds. The molecule has 2 heterocycles. The van der Waals surface area contributed by atoms with Crippen LogP contribution in [0.2, 0.25) is 0 Å². The van der Waals surface area contributed by atoms with Gasteiger partial charge in [-0.1, -0.05) is 12.1 Å². The van der Waals surface area contributed by atoms with E-state index in [9.17, 15) is 22.8 Å². The highest BCUT2D eigenvalue weighted by Crippen LogP contribution is 2.51. The van der Waals surface area contributed by atoms with Crippen LogP contribution in [0.25, 0.3) is 5.69 Å². The molecule has 6 nitrogen and oxygen atoms in total. The van der Waals surface area contributed by atoms with Crippen molar-refractivity contribution in [1.29, 1.82) is 0 Å². The fourth-order valence-electron chi connectivity index (χ4n) is 4.93. The number of anilines is 1. The van der Waals surface area contributed by atoms with E-state index in [1.165, 1.54) is 12.0 Å². The predicted molar refractivity (Wildman–Crippen MR) is 123 cm³/mol. The van der Waals surface area contributed by atoms with Crippen LogP contribution >= 0.6 is 0 Å². The van der Waals surface area contributed by atoms with Gasteiger partial charge in [-0.3, -0.25) is 9.59 Å². The number of aromatic nitrogens is 2. The lowest BCUT2D eigenvalue weighted by molar-refractivity contribution is -0.142. The Bertz CT molecular complexity index is 1290. The highest BCUT2D eigenvalue weighted by Gasteiger charge is 2.45. The van der Waals surface area contributed by atoms with Crippen molar-refractivity contribution in [2.75, 3.05) is 18.6 Å². The first kappa shape index (κ1) is 23.1. The van der Waals surface area contributed by atoms with Gasteiger partial charge in [-0.25, -0.2) is 4.68 Å². The van der Waals surface area contributed by atoms with Gasteiger partial charge in [0.2, 0.25) is 0 Å². The maximum Gasteiger partial charge on any atom is 0.435 e. The minimum Gasteiger partial charge on any atom is -0.497 e. The number of Topliss-reactive ketones (excluding diaryl/α,β-unsaturated/α-hetero) is 1. The highest BCUT2D eigenvalue weighted by atomic mass is 19.4. The van der Waals surface area contributed by atoms with E-state index >= 15 is 0 Å². The molecule has 0 unspecified atom stereocenters. The Hall–Kier alpha value is -3.62. The number of hydrogen-bond donors (Lipinski definition) is 0. The summed E-state index contributed by atoms with van der Waals surface area (Å²) in [7, 11) is 1.49. The molecule has 0 N–H and O–H groups in total. The van der Waals surface area contributed by atoms with E-state index in [-0.39, 0.29) is 35.4 Å². The van der Waals surface area contributed by atoms with Gasteiger partial charge < -0.3 is 9.64 Å². The third-order valence-corrected chi connectivity index (χ3v) is 6.83. The molecule has 182 valence electrons. The molecule has 0 bridgehead atoms. The summed E-state index contributed by atoms with van der Waals surface area (Å²) in [5, 5.41) is 3.82. The topological polar surface area (TPSA) is 64.4 Å². The van der Waals surface area contributed by atoms with Crippen molar-refractivity contribution in [1.82, 2.24) is 9.78 Å². The Morgan fingerprint density at radius 3 is 2.23 bits per heavy atom. The Morgan fingerprint density at radius 1 is 1.06 bits per heavy atom. The smallest absolute Gasteiger partial charge is 0.435 e. The Labute approximate surface area is 200 Å². The quantitative estimate of drug-likeness (QED) is 0.489. The van der Waals surface area contributed by atoms with E-state index in [2.05, 4.69) is 5.10 Å². The van der Waals surface area contributed by atoms with Gasteiger partial charge in [0.05, 0.1) is 12.8 Å². The summed E-state index contributed by atoms with van der Waals surface area (Å²) in [6.07, 6.45) is -2.28. The number of carbonyl (C=O) groups is 2. The largest absolute Gasteiger partial charge is 0.497 e. The summed E-state index contributed by atoms with van der Waals surface area (Å²) in [6, 6.07) is 13.8. The normalized spacial score (nSPS) is 16.7. The van der Waals surface area contributed by atoms with E-state index in [0.29, 0.717) is 23.5 Å². The second kappa shape index (κ2) is 8.25. The first-order chi connectivity index (χ1) is 16.6. The van der Waals surface area contributed by atoms with E-state index < -0.39 is 17.8 Å². The molecule has 1 aliphatic carbocycles. The Kier molecular flexibility index (Phi) is 5.45. The van der Waals surface area contributed by atoms with Gasteiger partial charge in [-0.05, 0) is 68.1 Å². The summed E-state index contributed by atoms with van der Waals surface area (Å²) < 4.78 is 47.5. The predicted octanol–water partition coefficient (Wildman–Crippen LogP) is 5.11. The first-order valence-electron chi connectivity index (χ1n) is 11.4. The molecule has 1 saturated carbocycles. The lowest BCUT2D eigenvalue weighted by atomic mass is 9.90. The van der Waals surface area contributed by atoms with Crippen LogP contribution in [-0.2, 0) is 22.8 Å². The maximum atomic E-state index is 13.8. The number of ether oxygens (including phenoxy) is 1. The molecule has 35 heavy (non-hydrogen) atoms. The molecule has 0 saturated heterocycles. The first-order valence-corrected chi connectivity index (χ1v) is 11.4. The molecule has 2 aromatic carbocycles. The molecule has 0 spiro atoms. The van der Waals surface area contributed by atoms with E-state index in [1.807, 2.05) is 12.1 Å². The fraction of sp³-hybridized carbons (Fsp3) is 0.346. The van der Waals surface area contributed by atoms with Crippen molar-refractivity contribution in [3.05, 3.63) is 71.0 Å². The van der Waals surface area contributed by atoms with Crippen LogP contribution in [0.1, 0.15) is 53.5 Å². The number of methoxy groups -OCH3 is 1. The summed E-state index contributed by atoms with van der Waals surface area (Å²) in [5.41, 5.74) is 0.633. The molecule has 0 atom stereocenters. The number of rotatable bonds is 6. The number of hydrogen-bond acceptors (Lipinski definition) is 4. The van der Waals surface area contributed by atoms with Crippen LogP contribution in [0.3, 0.4) is 0 Å². The molecule has 1 aliphatic heterocycles. The fourth-order valence-corrected chi connectivity index (χ4v) is 4.93. The van der Waals surface area contributed by atoms with Gasteiger partial charge in [0.15, 0.2) is 5.69 Å². The van der Waals surface area contributed by atoms with Crippen LogP contribution in [-0.4, -0.2) is 35.1 Å². The summed E-state index contributed by atoms with van der Waals surface area (Å²) >= 11 is 0. The molecule has 2 aliphatic rings. The van der Waals surface area contributed by atoms with Crippen molar-refractivity contribution < 1.29 is 27.5 Å². The molecule has 1 fully saturated rings. The summed E-state index contributed by atoms with van der Waals surface area (Å²) in [6.45, 7) is 1.70.